The minimum atomic E-state index is -0.646. The van der Waals surface area contributed by atoms with Crippen LogP contribution in [0.5, 0.6) is 0 Å². The monoisotopic (exact) mass is 219 g/mol. The van der Waals surface area contributed by atoms with Crippen LogP contribution in [0.15, 0.2) is 18.2 Å². The molecule has 2 heteroatoms. The van der Waals surface area contributed by atoms with E-state index in [1.54, 1.807) is 0 Å². The molecule has 1 aromatic rings. The molecule has 2 nitrogen and oxygen atoms in total. The lowest BCUT2D eigenvalue weighted by molar-refractivity contribution is 0.0549. The number of rotatable bonds is 2. The Kier molecular flexibility index (Phi) is 2.70. The van der Waals surface area contributed by atoms with Crippen molar-refractivity contribution in [3.8, 4) is 0 Å². The van der Waals surface area contributed by atoms with Crippen molar-refractivity contribution in [1.82, 2.24) is 0 Å². The second-order valence-electron chi connectivity index (χ2n) is 5.31. The molecule has 2 rings (SSSR count). The maximum Gasteiger partial charge on any atom is 0.0677 e. The molecule has 0 fully saturated rings. The molecule has 0 aliphatic carbocycles. The van der Waals surface area contributed by atoms with Crippen LogP contribution >= 0.6 is 0 Å². The van der Waals surface area contributed by atoms with E-state index in [-0.39, 0.29) is 5.92 Å². The second-order valence-corrected chi connectivity index (χ2v) is 5.31. The van der Waals surface area contributed by atoms with Gasteiger partial charge in [-0.1, -0.05) is 17.7 Å². The van der Waals surface area contributed by atoms with Crippen molar-refractivity contribution in [2.45, 2.75) is 39.2 Å². The van der Waals surface area contributed by atoms with Gasteiger partial charge in [0.2, 0.25) is 0 Å². The van der Waals surface area contributed by atoms with Crippen molar-refractivity contribution in [3.05, 3.63) is 29.3 Å². The lowest BCUT2D eigenvalue weighted by Crippen LogP contribution is -2.33. The fraction of sp³-hybridized carbons (Fsp3) is 0.571. The number of benzene rings is 1. The highest BCUT2D eigenvalue weighted by Crippen LogP contribution is 2.42. The van der Waals surface area contributed by atoms with Gasteiger partial charge in [0.15, 0.2) is 0 Å². The minimum Gasteiger partial charge on any atom is -0.390 e. The third-order valence-electron chi connectivity index (χ3n) is 3.54. The molecule has 0 saturated carbocycles. The Morgan fingerprint density at radius 1 is 1.44 bits per heavy atom. The van der Waals surface area contributed by atoms with Crippen LogP contribution in [-0.2, 0) is 0 Å². The first-order valence-electron chi connectivity index (χ1n) is 6.01. The first kappa shape index (κ1) is 11.5. The molecule has 1 atom stereocenters. The van der Waals surface area contributed by atoms with Crippen molar-refractivity contribution >= 4 is 5.69 Å². The number of aryl methyl sites for hydroxylation is 1. The standard InChI is InChI=1S/C14H21NO/c1-5-15-9-12(14(3,4)16)11-8-10(2)6-7-13(11)15/h6-8,12,16H,5,9H2,1-4H3. The fourth-order valence-corrected chi connectivity index (χ4v) is 2.56. The van der Waals surface area contributed by atoms with Crippen LogP contribution in [0.4, 0.5) is 5.69 Å². The van der Waals surface area contributed by atoms with E-state index < -0.39 is 5.60 Å². The maximum atomic E-state index is 10.2. The minimum absolute atomic E-state index is 0.224. The van der Waals surface area contributed by atoms with Crippen LogP contribution in [0.3, 0.4) is 0 Å². The third-order valence-corrected chi connectivity index (χ3v) is 3.54. The summed E-state index contributed by atoms with van der Waals surface area (Å²) in [4.78, 5) is 2.34. The predicted molar refractivity (Wildman–Crippen MR) is 68.1 cm³/mol. The van der Waals surface area contributed by atoms with Crippen molar-refractivity contribution in [3.63, 3.8) is 0 Å². The summed E-state index contributed by atoms with van der Waals surface area (Å²) in [6, 6.07) is 6.54. The Morgan fingerprint density at radius 3 is 2.69 bits per heavy atom. The molecular weight excluding hydrogens is 198 g/mol. The van der Waals surface area contributed by atoms with Gasteiger partial charge in [-0.15, -0.1) is 0 Å². The van der Waals surface area contributed by atoms with Crippen LogP contribution in [0.25, 0.3) is 0 Å². The molecule has 0 bridgehead atoms. The van der Waals surface area contributed by atoms with Crippen LogP contribution < -0.4 is 4.90 Å². The zero-order valence-electron chi connectivity index (χ0n) is 10.6. The Hall–Kier alpha value is -1.02. The molecule has 1 N–H and O–H groups in total. The van der Waals surface area contributed by atoms with Gasteiger partial charge >= 0.3 is 0 Å². The Labute approximate surface area is 97.9 Å². The molecule has 0 saturated heterocycles. The topological polar surface area (TPSA) is 23.5 Å². The van der Waals surface area contributed by atoms with Gasteiger partial charge in [-0.25, -0.2) is 0 Å². The van der Waals surface area contributed by atoms with Gasteiger partial charge in [0.25, 0.3) is 0 Å². The molecule has 1 aliphatic rings. The number of aliphatic hydroxyl groups is 1. The van der Waals surface area contributed by atoms with Crippen molar-refractivity contribution in [1.29, 1.82) is 0 Å². The quantitative estimate of drug-likeness (QED) is 0.826. The summed E-state index contributed by atoms with van der Waals surface area (Å²) < 4.78 is 0. The van der Waals surface area contributed by atoms with E-state index in [1.807, 2.05) is 13.8 Å². The van der Waals surface area contributed by atoms with E-state index in [2.05, 4.69) is 36.9 Å². The van der Waals surface area contributed by atoms with Gasteiger partial charge < -0.3 is 10.0 Å². The summed E-state index contributed by atoms with van der Waals surface area (Å²) in [5.41, 5.74) is 3.22. The zero-order valence-corrected chi connectivity index (χ0v) is 10.6. The average molecular weight is 219 g/mol. The summed E-state index contributed by atoms with van der Waals surface area (Å²) in [6.07, 6.45) is 0. The molecule has 16 heavy (non-hydrogen) atoms. The Bertz CT molecular complexity index is 392. The number of likely N-dealkylation sites (N-methyl/N-ethyl adjacent to an activating group) is 1. The molecule has 0 aromatic heterocycles. The van der Waals surface area contributed by atoms with Crippen LogP contribution in [0.2, 0.25) is 0 Å². The van der Waals surface area contributed by atoms with Gasteiger partial charge in [-0.3, -0.25) is 0 Å². The summed E-state index contributed by atoms with van der Waals surface area (Å²) in [7, 11) is 0. The number of hydrogen-bond donors (Lipinski definition) is 1. The van der Waals surface area contributed by atoms with Gasteiger partial charge in [-0.05, 0) is 39.3 Å². The number of fused-ring (bicyclic) bond motifs is 1. The zero-order chi connectivity index (χ0) is 11.9. The highest BCUT2D eigenvalue weighted by atomic mass is 16.3. The van der Waals surface area contributed by atoms with Crippen LogP contribution in [0.1, 0.15) is 37.8 Å². The second kappa shape index (κ2) is 3.77. The molecular formula is C14H21NO. The predicted octanol–water partition coefficient (Wildman–Crippen LogP) is 2.69. The fourth-order valence-electron chi connectivity index (χ4n) is 2.56. The van der Waals surface area contributed by atoms with Crippen molar-refractivity contribution in [2.24, 2.45) is 0 Å². The molecule has 1 unspecified atom stereocenters. The van der Waals surface area contributed by atoms with Gasteiger partial charge in [0.05, 0.1) is 5.60 Å². The summed E-state index contributed by atoms with van der Waals surface area (Å²) in [5, 5.41) is 10.2. The summed E-state index contributed by atoms with van der Waals surface area (Å²) >= 11 is 0. The van der Waals surface area contributed by atoms with E-state index >= 15 is 0 Å². The van der Waals surface area contributed by atoms with Gasteiger partial charge in [-0.2, -0.15) is 0 Å². The Balaban J connectivity index is 2.47. The smallest absolute Gasteiger partial charge is 0.0677 e. The van der Waals surface area contributed by atoms with Crippen LogP contribution in [0, 0.1) is 6.92 Å². The molecule has 88 valence electrons. The first-order valence-corrected chi connectivity index (χ1v) is 6.01. The van der Waals surface area contributed by atoms with E-state index in [9.17, 15) is 5.11 Å². The molecule has 1 aliphatic heterocycles. The maximum absolute atomic E-state index is 10.2. The lowest BCUT2D eigenvalue weighted by atomic mass is 9.86. The normalized spacial score (nSPS) is 20.1. The SMILES string of the molecule is CCN1CC(C(C)(C)O)c2cc(C)ccc21. The molecule has 1 heterocycles. The largest absolute Gasteiger partial charge is 0.390 e. The Morgan fingerprint density at radius 2 is 2.12 bits per heavy atom. The third kappa shape index (κ3) is 1.82. The van der Waals surface area contributed by atoms with Crippen LogP contribution in [-0.4, -0.2) is 23.8 Å². The first-order chi connectivity index (χ1) is 7.43. The molecule has 0 spiro atoms. The highest BCUT2D eigenvalue weighted by molar-refractivity contribution is 5.62. The molecule has 0 amide bonds. The van der Waals surface area contributed by atoms with Gasteiger partial charge in [0, 0.05) is 24.7 Å². The lowest BCUT2D eigenvalue weighted by Gasteiger charge is -2.26. The van der Waals surface area contributed by atoms with Crippen molar-refractivity contribution < 1.29 is 5.11 Å². The highest BCUT2D eigenvalue weighted by Gasteiger charge is 2.37. The van der Waals surface area contributed by atoms with E-state index in [0.29, 0.717) is 0 Å². The van der Waals surface area contributed by atoms with Gasteiger partial charge in [0.1, 0.15) is 0 Å². The molecule has 0 radical (unpaired) electrons. The number of nitrogens with zero attached hydrogens (tertiary/aromatic N) is 1. The van der Waals surface area contributed by atoms with Crippen molar-refractivity contribution in [2.75, 3.05) is 18.0 Å². The summed E-state index contributed by atoms with van der Waals surface area (Å²) in [6.45, 7) is 10.0. The van der Waals surface area contributed by atoms with E-state index in [4.69, 9.17) is 0 Å². The average Bonchev–Trinajstić information content (AvgIpc) is 2.54. The summed E-state index contributed by atoms with van der Waals surface area (Å²) in [5.74, 6) is 0.224. The van der Waals surface area contributed by atoms with E-state index in [1.165, 1.54) is 16.8 Å². The molecule has 1 aromatic carbocycles. The number of hydrogen-bond acceptors (Lipinski definition) is 2. The number of anilines is 1. The van der Waals surface area contributed by atoms with E-state index in [0.717, 1.165) is 13.1 Å².